The fraction of sp³-hybridized carbons (Fsp3) is 0.455. The maximum atomic E-state index is 13.3. The third-order valence-corrected chi connectivity index (χ3v) is 4.29. The first-order valence-electron chi connectivity index (χ1n) is 5.15. The van der Waals surface area contributed by atoms with E-state index in [1.165, 1.54) is 17.4 Å². The molecule has 0 radical (unpaired) electrons. The normalized spacial score (nSPS) is 12.0. The molecule has 0 bridgehead atoms. The van der Waals surface area contributed by atoms with Crippen LogP contribution in [0.3, 0.4) is 0 Å². The van der Waals surface area contributed by atoms with E-state index >= 15 is 0 Å². The lowest BCUT2D eigenvalue weighted by molar-refractivity contribution is 0.456. The third kappa shape index (κ3) is 3.28. The van der Waals surface area contributed by atoms with Gasteiger partial charge < -0.3 is 0 Å². The molecule has 5 heteroatoms. The fourth-order valence-electron chi connectivity index (χ4n) is 1.38. The molecule has 0 amide bonds. The quantitative estimate of drug-likeness (QED) is 0.795. The summed E-state index contributed by atoms with van der Waals surface area (Å²) in [5, 5.41) is 0. The summed E-state index contributed by atoms with van der Waals surface area (Å²) in [5.41, 5.74) is 0.393. The molecule has 0 saturated heterocycles. The smallest absolute Gasteiger partial charge is 0.212 e. The molecule has 3 nitrogen and oxygen atoms in total. The summed E-state index contributed by atoms with van der Waals surface area (Å²) in [6, 6.07) is 6.20. The van der Waals surface area contributed by atoms with E-state index in [2.05, 4.69) is 0 Å². The number of nitrogens with zero attached hydrogens (tertiary/aromatic N) is 1. The standard InChI is InChI=1S/C11H16FNO2S/c1-3-8-16(14,15)13(2)9-10-6-4-5-7-11(10)12/h4-7H,3,8-9H2,1-2H3. The van der Waals surface area contributed by atoms with Crippen LogP contribution in [0.4, 0.5) is 4.39 Å². The molecule has 0 heterocycles. The van der Waals surface area contributed by atoms with Gasteiger partial charge in [0.1, 0.15) is 5.82 Å². The van der Waals surface area contributed by atoms with E-state index in [9.17, 15) is 12.8 Å². The highest BCUT2D eigenvalue weighted by atomic mass is 32.2. The van der Waals surface area contributed by atoms with Gasteiger partial charge in [-0.25, -0.2) is 17.1 Å². The van der Waals surface area contributed by atoms with E-state index in [0.717, 1.165) is 0 Å². The fourth-order valence-corrected chi connectivity index (χ4v) is 2.54. The Bertz CT molecular complexity index is 445. The molecule has 0 atom stereocenters. The van der Waals surface area contributed by atoms with Gasteiger partial charge in [0.15, 0.2) is 0 Å². The lowest BCUT2D eigenvalue weighted by Crippen LogP contribution is -2.28. The molecule has 0 unspecified atom stereocenters. The van der Waals surface area contributed by atoms with Crippen molar-refractivity contribution < 1.29 is 12.8 Å². The molecule has 0 N–H and O–H groups in total. The zero-order valence-electron chi connectivity index (χ0n) is 9.48. The summed E-state index contributed by atoms with van der Waals surface area (Å²) < 4.78 is 37.8. The predicted molar refractivity (Wildman–Crippen MR) is 61.9 cm³/mol. The van der Waals surface area contributed by atoms with E-state index in [-0.39, 0.29) is 18.1 Å². The van der Waals surface area contributed by atoms with Gasteiger partial charge in [-0.05, 0) is 12.5 Å². The van der Waals surface area contributed by atoms with E-state index in [1.54, 1.807) is 25.1 Å². The first-order valence-corrected chi connectivity index (χ1v) is 6.75. The maximum Gasteiger partial charge on any atom is 0.214 e. The van der Waals surface area contributed by atoms with Crippen molar-refractivity contribution >= 4 is 10.0 Å². The molecular weight excluding hydrogens is 229 g/mol. The Kier molecular flexibility index (Phi) is 4.44. The Morgan fingerprint density at radius 1 is 1.31 bits per heavy atom. The van der Waals surface area contributed by atoms with Crippen molar-refractivity contribution in [3.05, 3.63) is 35.6 Å². The van der Waals surface area contributed by atoms with Crippen molar-refractivity contribution in [2.24, 2.45) is 0 Å². The molecule has 16 heavy (non-hydrogen) atoms. The molecule has 0 spiro atoms. The first kappa shape index (κ1) is 13.1. The van der Waals surface area contributed by atoms with Gasteiger partial charge >= 0.3 is 0 Å². The topological polar surface area (TPSA) is 37.4 Å². The molecule has 90 valence electrons. The van der Waals surface area contributed by atoms with E-state index < -0.39 is 10.0 Å². The number of benzene rings is 1. The minimum atomic E-state index is -3.26. The highest BCUT2D eigenvalue weighted by Crippen LogP contribution is 2.11. The second kappa shape index (κ2) is 5.41. The number of halogens is 1. The van der Waals surface area contributed by atoms with Crippen LogP contribution < -0.4 is 0 Å². The number of rotatable bonds is 5. The Labute approximate surface area is 95.9 Å². The van der Waals surface area contributed by atoms with Crippen LogP contribution in [0.25, 0.3) is 0 Å². The van der Waals surface area contributed by atoms with Gasteiger partial charge in [0.25, 0.3) is 0 Å². The van der Waals surface area contributed by atoms with Crippen LogP contribution in [0.5, 0.6) is 0 Å². The van der Waals surface area contributed by atoms with Crippen LogP contribution in [-0.4, -0.2) is 25.5 Å². The molecule has 1 aromatic rings. The molecule has 1 rings (SSSR count). The van der Waals surface area contributed by atoms with Gasteiger partial charge in [0, 0.05) is 19.2 Å². The number of sulfonamides is 1. The van der Waals surface area contributed by atoms with Crippen LogP contribution >= 0.6 is 0 Å². The monoisotopic (exact) mass is 245 g/mol. The maximum absolute atomic E-state index is 13.3. The van der Waals surface area contributed by atoms with Crippen LogP contribution in [0, 0.1) is 5.82 Å². The SMILES string of the molecule is CCCS(=O)(=O)N(C)Cc1ccccc1F. The van der Waals surface area contributed by atoms with Crippen LogP contribution in [0.2, 0.25) is 0 Å². The Balaban J connectivity index is 2.79. The van der Waals surface area contributed by atoms with Gasteiger partial charge in [-0.1, -0.05) is 25.1 Å². The van der Waals surface area contributed by atoms with Gasteiger partial charge in [-0.15, -0.1) is 0 Å². The third-order valence-electron chi connectivity index (χ3n) is 2.29. The minimum Gasteiger partial charge on any atom is -0.212 e. The minimum absolute atomic E-state index is 0.0784. The lowest BCUT2D eigenvalue weighted by atomic mass is 10.2. The van der Waals surface area contributed by atoms with Crippen molar-refractivity contribution in [3.8, 4) is 0 Å². The summed E-state index contributed by atoms with van der Waals surface area (Å²) in [6.07, 6.45) is 0.559. The lowest BCUT2D eigenvalue weighted by Gasteiger charge is -2.16. The largest absolute Gasteiger partial charge is 0.214 e. The predicted octanol–water partition coefficient (Wildman–Crippen LogP) is 2.00. The number of hydrogen-bond acceptors (Lipinski definition) is 2. The highest BCUT2D eigenvalue weighted by Gasteiger charge is 2.17. The van der Waals surface area contributed by atoms with Gasteiger partial charge in [0.05, 0.1) is 5.75 Å². The average Bonchev–Trinajstić information content (AvgIpc) is 2.21. The van der Waals surface area contributed by atoms with Crippen molar-refractivity contribution in [2.75, 3.05) is 12.8 Å². The summed E-state index contributed by atoms with van der Waals surface area (Å²) in [7, 11) is -1.79. The summed E-state index contributed by atoms with van der Waals surface area (Å²) >= 11 is 0. The second-order valence-electron chi connectivity index (χ2n) is 3.66. The van der Waals surface area contributed by atoms with Crippen molar-refractivity contribution in [1.82, 2.24) is 4.31 Å². The summed E-state index contributed by atoms with van der Waals surface area (Å²) in [4.78, 5) is 0. The molecule has 0 fully saturated rings. The first-order chi connectivity index (χ1) is 7.47. The van der Waals surface area contributed by atoms with Crippen molar-refractivity contribution in [1.29, 1.82) is 0 Å². The Morgan fingerprint density at radius 2 is 1.94 bits per heavy atom. The van der Waals surface area contributed by atoms with Crippen molar-refractivity contribution in [2.45, 2.75) is 19.9 Å². The molecular formula is C11H16FNO2S. The van der Waals surface area contributed by atoms with E-state index in [0.29, 0.717) is 12.0 Å². The molecule has 0 saturated carbocycles. The zero-order chi connectivity index (χ0) is 12.2. The summed E-state index contributed by atoms with van der Waals surface area (Å²) in [6.45, 7) is 1.88. The zero-order valence-corrected chi connectivity index (χ0v) is 10.3. The van der Waals surface area contributed by atoms with Crippen molar-refractivity contribution in [3.63, 3.8) is 0 Å². The van der Waals surface area contributed by atoms with Crippen LogP contribution in [-0.2, 0) is 16.6 Å². The van der Waals surface area contributed by atoms with E-state index in [4.69, 9.17) is 0 Å². The average molecular weight is 245 g/mol. The van der Waals surface area contributed by atoms with Gasteiger partial charge in [0.2, 0.25) is 10.0 Å². The van der Waals surface area contributed by atoms with Gasteiger partial charge in [-0.2, -0.15) is 0 Å². The van der Waals surface area contributed by atoms with Crippen LogP contribution in [0.15, 0.2) is 24.3 Å². The second-order valence-corrected chi connectivity index (χ2v) is 5.86. The number of hydrogen-bond donors (Lipinski definition) is 0. The molecule has 0 aromatic heterocycles. The molecule has 1 aromatic carbocycles. The highest BCUT2D eigenvalue weighted by molar-refractivity contribution is 7.89. The van der Waals surface area contributed by atoms with E-state index in [1.807, 2.05) is 0 Å². The molecule has 0 aliphatic carbocycles. The summed E-state index contributed by atoms with van der Waals surface area (Å²) in [5.74, 6) is -0.279. The van der Waals surface area contributed by atoms with Gasteiger partial charge in [-0.3, -0.25) is 0 Å². The Hall–Kier alpha value is -0.940. The Morgan fingerprint density at radius 3 is 2.50 bits per heavy atom. The van der Waals surface area contributed by atoms with Crippen LogP contribution in [0.1, 0.15) is 18.9 Å². The molecule has 0 aliphatic rings. The molecule has 0 aliphatic heterocycles.